The fourth-order valence-corrected chi connectivity index (χ4v) is 2.76. The number of aromatic nitrogens is 2. The first-order valence-electron chi connectivity index (χ1n) is 4.99. The van der Waals surface area contributed by atoms with Gasteiger partial charge in [-0.05, 0) is 12.8 Å². The third-order valence-electron chi connectivity index (χ3n) is 2.30. The quantitative estimate of drug-likeness (QED) is 0.693. The molecule has 1 aromatic rings. The zero-order chi connectivity index (χ0) is 12.5. The number of hydrogen-bond donors (Lipinski definition) is 2. The fourth-order valence-electron chi connectivity index (χ4n) is 1.46. The van der Waals surface area contributed by atoms with Crippen molar-refractivity contribution in [2.75, 3.05) is 13.2 Å². The molecule has 8 nitrogen and oxygen atoms in total. The molecule has 1 fully saturated rings. The maximum absolute atomic E-state index is 12.0. The lowest BCUT2D eigenvalue weighted by Crippen LogP contribution is -2.39. The van der Waals surface area contributed by atoms with Crippen LogP contribution < -0.4 is 11.2 Å². The van der Waals surface area contributed by atoms with Crippen molar-refractivity contribution in [1.29, 1.82) is 0 Å². The molecule has 0 amide bonds. The van der Waals surface area contributed by atoms with Crippen LogP contribution in [0, 0.1) is 0 Å². The average molecular weight is 261 g/mol. The van der Waals surface area contributed by atoms with Crippen molar-refractivity contribution in [2.45, 2.75) is 17.7 Å². The molecular formula is C8H11N3O5S. The smallest absolute Gasteiger partial charge is 0.313 e. The molecule has 0 atom stereocenters. The molecule has 0 radical (unpaired) electrons. The zero-order valence-electron chi connectivity index (χ0n) is 8.80. The maximum atomic E-state index is 12.0. The van der Waals surface area contributed by atoms with Crippen LogP contribution in [0.15, 0.2) is 20.7 Å². The number of hydroxylamine groups is 1. The van der Waals surface area contributed by atoms with Gasteiger partial charge in [-0.3, -0.25) is 14.6 Å². The van der Waals surface area contributed by atoms with E-state index < -0.39 is 26.2 Å². The summed E-state index contributed by atoms with van der Waals surface area (Å²) in [7, 11) is -4.01. The van der Waals surface area contributed by atoms with E-state index in [4.69, 9.17) is 4.84 Å². The molecule has 2 N–H and O–H groups in total. The Balaban J connectivity index is 2.44. The van der Waals surface area contributed by atoms with E-state index in [1.165, 1.54) is 0 Å². The summed E-state index contributed by atoms with van der Waals surface area (Å²) in [6.07, 6.45) is 2.31. The van der Waals surface area contributed by atoms with Crippen LogP contribution in [-0.4, -0.2) is 36.0 Å². The highest BCUT2D eigenvalue weighted by atomic mass is 32.2. The van der Waals surface area contributed by atoms with Crippen LogP contribution in [0.3, 0.4) is 0 Å². The lowest BCUT2D eigenvalue weighted by atomic mass is 10.3. The molecule has 1 saturated heterocycles. The number of rotatable bonds is 2. The lowest BCUT2D eigenvalue weighted by Gasteiger charge is -2.24. The van der Waals surface area contributed by atoms with Crippen LogP contribution >= 0.6 is 0 Å². The van der Waals surface area contributed by atoms with Crippen molar-refractivity contribution in [1.82, 2.24) is 14.4 Å². The normalized spacial score (nSPS) is 18.1. The molecule has 0 unspecified atom stereocenters. The van der Waals surface area contributed by atoms with Gasteiger partial charge in [0.2, 0.25) is 0 Å². The highest BCUT2D eigenvalue weighted by Crippen LogP contribution is 2.15. The summed E-state index contributed by atoms with van der Waals surface area (Å²) in [6, 6.07) is 0. The SMILES string of the molecule is O=c1[nH]cc(S(=O)(=O)N2CCCCO2)c(=O)[nH]1. The summed E-state index contributed by atoms with van der Waals surface area (Å²) >= 11 is 0. The number of sulfonamides is 1. The largest absolute Gasteiger partial charge is 0.325 e. The van der Waals surface area contributed by atoms with E-state index in [-0.39, 0.29) is 6.54 Å². The van der Waals surface area contributed by atoms with Crippen molar-refractivity contribution in [3.8, 4) is 0 Å². The van der Waals surface area contributed by atoms with E-state index in [0.717, 1.165) is 17.1 Å². The number of H-pyrrole nitrogens is 2. The lowest BCUT2D eigenvalue weighted by molar-refractivity contribution is -0.108. The summed E-state index contributed by atoms with van der Waals surface area (Å²) in [5.74, 6) is 0. The van der Waals surface area contributed by atoms with Gasteiger partial charge in [-0.1, -0.05) is 4.47 Å². The molecule has 1 aliphatic heterocycles. The Bertz CT molecular complexity index is 611. The van der Waals surface area contributed by atoms with E-state index in [2.05, 4.69) is 4.98 Å². The second-order valence-electron chi connectivity index (χ2n) is 3.51. The predicted octanol–water partition coefficient (Wildman–Crippen LogP) is -1.22. The van der Waals surface area contributed by atoms with E-state index in [0.29, 0.717) is 13.0 Å². The van der Waals surface area contributed by atoms with Crippen LogP contribution in [0.1, 0.15) is 12.8 Å². The monoisotopic (exact) mass is 261 g/mol. The van der Waals surface area contributed by atoms with Crippen LogP contribution in [0.4, 0.5) is 0 Å². The van der Waals surface area contributed by atoms with Gasteiger partial charge in [-0.25, -0.2) is 13.2 Å². The first-order valence-corrected chi connectivity index (χ1v) is 6.43. The molecule has 0 aromatic carbocycles. The molecule has 0 spiro atoms. The molecule has 0 bridgehead atoms. The highest BCUT2D eigenvalue weighted by Gasteiger charge is 2.30. The Hall–Kier alpha value is -1.45. The summed E-state index contributed by atoms with van der Waals surface area (Å²) in [4.78, 5) is 30.6. The van der Waals surface area contributed by atoms with Gasteiger partial charge in [0.1, 0.15) is 0 Å². The molecule has 0 saturated carbocycles. The molecule has 1 aliphatic rings. The molecule has 2 heterocycles. The molecular weight excluding hydrogens is 250 g/mol. The van der Waals surface area contributed by atoms with E-state index in [1.807, 2.05) is 4.98 Å². The Morgan fingerprint density at radius 2 is 2.06 bits per heavy atom. The number of nitrogens with one attached hydrogen (secondary N) is 2. The van der Waals surface area contributed by atoms with Gasteiger partial charge in [0.05, 0.1) is 6.61 Å². The van der Waals surface area contributed by atoms with Crippen molar-refractivity contribution in [3.05, 3.63) is 27.0 Å². The second-order valence-corrected chi connectivity index (χ2v) is 5.31. The summed E-state index contributed by atoms with van der Waals surface area (Å²) in [6.45, 7) is 0.487. The minimum absolute atomic E-state index is 0.195. The van der Waals surface area contributed by atoms with Gasteiger partial charge >= 0.3 is 5.69 Å². The number of nitrogens with zero attached hydrogens (tertiary/aromatic N) is 1. The van der Waals surface area contributed by atoms with Crippen molar-refractivity contribution in [2.24, 2.45) is 0 Å². The minimum atomic E-state index is -4.01. The van der Waals surface area contributed by atoms with Crippen LogP contribution in [0.25, 0.3) is 0 Å². The third kappa shape index (κ3) is 2.30. The van der Waals surface area contributed by atoms with Gasteiger partial charge in [-0.15, -0.1) is 0 Å². The van der Waals surface area contributed by atoms with E-state index in [1.54, 1.807) is 0 Å². The van der Waals surface area contributed by atoms with E-state index in [9.17, 15) is 18.0 Å². The van der Waals surface area contributed by atoms with Gasteiger partial charge < -0.3 is 4.98 Å². The molecule has 2 rings (SSSR count). The Morgan fingerprint density at radius 3 is 2.65 bits per heavy atom. The Labute approximate surface area is 96.2 Å². The average Bonchev–Trinajstić information content (AvgIpc) is 2.29. The van der Waals surface area contributed by atoms with Crippen molar-refractivity contribution < 1.29 is 13.3 Å². The maximum Gasteiger partial charge on any atom is 0.325 e. The van der Waals surface area contributed by atoms with Crippen molar-refractivity contribution >= 4 is 10.0 Å². The van der Waals surface area contributed by atoms with Gasteiger partial charge in [-0.2, -0.15) is 0 Å². The predicted molar refractivity (Wildman–Crippen MR) is 56.8 cm³/mol. The standard InChI is InChI=1S/C8H11N3O5S/c12-7-6(5-9-8(13)10-7)17(14,15)11-3-1-2-4-16-11/h5H,1-4H2,(H2,9,10,12,13). The minimum Gasteiger partial charge on any atom is -0.313 e. The summed E-state index contributed by atoms with van der Waals surface area (Å²) in [5.41, 5.74) is -1.71. The molecule has 1 aromatic heterocycles. The molecule has 9 heteroatoms. The van der Waals surface area contributed by atoms with E-state index >= 15 is 0 Å². The molecule has 94 valence electrons. The zero-order valence-corrected chi connectivity index (χ0v) is 9.62. The highest BCUT2D eigenvalue weighted by molar-refractivity contribution is 7.89. The third-order valence-corrected chi connectivity index (χ3v) is 3.98. The van der Waals surface area contributed by atoms with Crippen LogP contribution in [0.2, 0.25) is 0 Å². The fraction of sp³-hybridized carbons (Fsp3) is 0.500. The summed E-state index contributed by atoms with van der Waals surface area (Å²) in [5, 5.41) is 0. The van der Waals surface area contributed by atoms with Gasteiger partial charge in [0, 0.05) is 12.7 Å². The topological polar surface area (TPSA) is 112 Å². The first kappa shape index (κ1) is 12.0. The van der Waals surface area contributed by atoms with Crippen LogP contribution in [-0.2, 0) is 14.9 Å². The Morgan fingerprint density at radius 1 is 1.29 bits per heavy atom. The molecule has 17 heavy (non-hydrogen) atoms. The van der Waals surface area contributed by atoms with Crippen molar-refractivity contribution in [3.63, 3.8) is 0 Å². The van der Waals surface area contributed by atoms with Gasteiger partial charge in [0.25, 0.3) is 15.6 Å². The van der Waals surface area contributed by atoms with Crippen LogP contribution in [0.5, 0.6) is 0 Å². The first-order chi connectivity index (χ1) is 8.01. The Kier molecular flexibility index (Phi) is 3.13. The molecule has 0 aliphatic carbocycles. The number of aromatic amines is 2. The number of hydrogen-bond acceptors (Lipinski definition) is 5. The van der Waals surface area contributed by atoms with Gasteiger partial charge in [0.15, 0.2) is 4.90 Å². The second kappa shape index (κ2) is 4.43. The summed E-state index contributed by atoms with van der Waals surface area (Å²) < 4.78 is 24.7.